The first-order chi connectivity index (χ1) is 7.76. The van der Waals surface area contributed by atoms with Crippen LogP contribution < -0.4 is 5.32 Å². The van der Waals surface area contributed by atoms with Crippen molar-refractivity contribution >= 4 is 0 Å². The average molecular weight is 230 g/mol. The molecule has 16 heavy (non-hydrogen) atoms. The van der Waals surface area contributed by atoms with Crippen molar-refractivity contribution in [2.75, 3.05) is 39.9 Å². The number of aliphatic hydroxyl groups is 1. The third-order valence-electron chi connectivity index (χ3n) is 3.35. The summed E-state index contributed by atoms with van der Waals surface area (Å²) in [5, 5.41) is 12.4. The van der Waals surface area contributed by atoms with Crippen LogP contribution in [0.4, 0.5) is 0 Å². The first kappa shape index (κ1) is 13.9. The van der Waals surface area contributed by atoms with E-state index in [9.17, 15) is 5.11 Å². The molecule has 2 N–H and O–H groups in total. The van der Waals surface area contributed by atoms with E-state index in [1.54, 1.807) is 0 Å². The number of nitrogens with one attached hydrogen (secondary N) is 1. The lowest BCUT2D eigenvalue weighted by molar-refractivity contribution is 0.0718. The molecule has 0 saturated carbocycles. The van der Waals surface area contributed by atoms with E-state index >= 15 is 0 Å². The van der Waals surface area contributed by atoms with Gasteiger partial charge in [0, 0.05) is 13.2 Å². The Morgan fingerprint density at radius 3 is 2.69 bits per heavy atom. The smallest absolute Gasteiger partial charge is 0.104 e. The Kier molecular flexibility index (Phi) is 6.96. The van der Waals surface area contributed by atoms with Crippen molar-refractivity contribution in [3.8, 4) is 0 Å². The molecule has 1 unspecified atom stereocenters. The Bertz CT molecular complexity index is 170. The molecule has 1 rings (SSSR count). The van der Waals surface area contributed by atoms with Gasteiger partial charge in [-0.1, -0.05) is 0 Å². The van der Waals surface area contributed by atoms with Crippen molar-refractivity contribution in [2.24, 2.45) is 5.92 Å². The summed E-state index contributed by atoms with van der Waals surface area (Å²) in [5.41, 5.74) is 0. The topological polar surface area (TPSA) is 44.7 Å². The standard InChI is InChI=1S/C12H26N2O2/c1-3-16-9-8-14-6-4-11(5-7-14)10-12(15)13-2/h11-13,15H,3-10H2,1-2H3. The molecule has 4 heteroatoms. The molecule has 1 heterocycles. The lowest BCUT2D eigenvalue weighted by Crippen LogP contribution is -2.38. The van der Waals surface area contributed by atoms with E-state index in [-0.39, 0.29) is 6.23 Å². The molecule has 96 valence electrons. The second kappa shape index (κ2) is 8.01. The van der Waals surface area contributed by atoms with Crippen LogP contribution in [0, 0.1) is 5.92 Å². The Morgan fingerprint density at radius 1 is 1.44 bits per heavy atom. The number of rotatable bonds is 7. The van der Waals surface area contributed by atoms with Gasteiger partial charge in [-0.3, -0.25) is 5.32 Å². The fourth-order valence-electron chi connectivity index (χ4n) is 2.22. The molecule has 4 nitrogen and oxygen atoms in total. The predicted octanol–water partition coefficient (Wildman–Crippen LogP) is 0.663. The molecule has 0 bridgehead atoms. The number of ether oxygens (including phenoxy) is 1. The van der Waals surface area contributed by atoms with Crippen molar-refractivity contribution in [3.63, 3.8) is 0 Å². The highest BCUT2D eigenvalue weighted by atomic mass is 16.5. The zero-order valence-corrected chi connectivity index (χ0v) is 10.6. The fourth-order valence-corrected chi connectivity index (χ4v) is 2.22. The first-order valence-electron chi connectivity index (χ1n) is 6.41. The predicted molar refractivity (Wildman–Crippen MR) is 65.3 cm³/mol. The molecule has 0 radical (unpaired) electrons. The largest absolute Gasteiger partial charge is 0.380 e. The summed E-state index contributed by atoms with van der Waals surface area (Å²) in [6.07, 6.45) is 2.95. The monoisotopic (exact) mass is 230 g/mol. The Morgan fingerprint density at radius 2 is 2.12 bits per heavy atom. The Hall–Kier alpha value is -0.160. The number of hydrogen-bond donors (Lipinski definition) is 2. The summed E-state index contributed by atoms with van der Waals surface area (Å²) >= 11 is 0. The van der Waals surface area contributed by atoms with Gasteiger partial charge in [-0.25, -0.2) is 0 Å². The van der Waals surface area contributed by atoms with Crippen LogP contribution in [0.15, 0.2) is 0 Å². The molecule has 0 aromatic rings. The maximum absolute atomic E-state index is 9.50. The van der Waals surface area contributed by atoms with E-state index in [4.69, 9.17) is 4.74 Å². The summed E-state index contributed by atoms with van der Waals surface area (Å²) in [6, 6.07) is 0. The third kappa shape index (κ3) is 5.25. The van der Waals surface area contributed by atoms with E-state index < -0.39 is 0 Å². The molecule has 0 aromatic carbocycles. The molecular weight excluding hydrogens is 204 g/mol. The highest BCUT2D eigenvalue weighted by Gasteiger charge is 2.20. The van der Waals surface area contributed by atoms with E-state index in [2.05, 4.69) is 10.2 Å². The minimum Gasteiger partial charge on any atom is -0.380 e. The van der Waals surface area contributed by atoms with Crippen LogP contribution >= 0.6 is 0 Å². The van der Waals surface area contributed by atoms with Crippen LogP contribution in [0.3, 0.4) is 0 Å². The number of nitrogens with zero attached hydrogens (tertiary/aromatic N) is 1. The molecule has 0 spiro atoms. The van der Waals surface area contributed by atoms with Crippen LogP contribution in [-0.4, -0.2) is 56.1 Å². The van der Waals surface area contributed by atoms with Gasteiger partial charge in [-0.05, 0) is 52.2 Å². The molecule has 0 amide bonds. The van der Waals surface area contributed by atoms with E-state index in [1.165, 1.54) is 12.8 Å². The van der Waals surface area contributed by atoms with E-state index in [0.29, 0.717) is 5.92 Å². The summed E-state index contributed by atoms with van der Waals surface area (Å²) in [7, 11) is 1.81. The SMILES string of the molecule is CCOCCN1CCC(CC(O)NC)CC1. The molecule has 1 aliphatic rings. The van der Waals surface area contributed by atoms with Crippen LogP contribution in [0.1, 0.15) is 26.2 Å². The second-order valence-electron chi connectivity index (χ2n) is 4.52. The van der Waals surface area contributed by atoms with Crippen LogP contribution in [0.2, 0.25) is 0 Å². The maximum Gasteiger partial charge on any atom is 0.104 e. The summed E-state index contributed by atoms with van der Waals surface area (Å²) in [6.45, 7) is 7.04. The highest BCUT2D eigenvalue weighted by Crippen LogP contribution is 2.21. The van der Waals surface area contributed by atoms with Gasteiger partial charge < -0.3 is 14.7 Å². The second-order valence-corrected chi connectivity index (χ2v) is 4.52. The molecule has 1 fully saturated rings. The minimum absolute atomic E-state index is 0.333. The summed E-state index contributed by atoms with van der Waals surface area (Å²) < 4.78 is 5.35. The number of aliphatic hydroxyl groups excluding tert-OH is 1. The normalized spacial score (nSPS) is 21.2. The number of likely N-dealkylation sites (tertiary alicyclic amines) is 1. The van der Waals surface area contributed by atoms with Gasteiger partial charge in [0.15, 0.2) is 0 Å². The molecular formula is C12H26N2O2. The Balaban J connectivity index is 2.08. The number of hydrogen-bond acceptors (Lipinski definition) is 4. The minimum atomic E-state index is -0.333. The number of piperidine rings is 1. The van der Waals surface area contributed by atoms with Gasteiger partial charge in [0.2, 0.25) is 0 Å². The summed E-state index contributed by atoms with van der Waals surface area (Å²) in [4.78, 5) is 2.46. The van der Waals surface area contributed by atoms with Gasteiger partial charge in [-0.2, -0.15) is 0 Å². The van der Waals surface area contributed by atoms with Crippen LogP contribution in [0.5, 0.6) is 0 Å². The molecule has 1 aliphatic heterocycles. The zero-order chi connectivity index (χ0) is 11.8. The van der Waals surface area contributed by atoms with Crippen molar-refractivity contribution < 1.29 is 9.84 Å². The lowest BCUT2D eigenvalue weighted by Gasteiger charge is -2.32. The first-order valence-corrected chi connectivity index (χ1v) is 6.41. The van der Waals surface area contributed by atoms with Gasteiger partial charge in [0.25, 0.3) is 0 Å². The van der Waals surface area contributed by atoms with Gasteiger partial charge >= 0.3 is 0 Å². The quantitative estimate of drug-likeness (QED) is 0.498. The van der Waals surface area contributed by atoms with Gasteiger partial charge in [-0.15, -0.1) is 0 Å². The maximum atomic E-state index is 9.50. The molecule has 0 aliphatic carbocycles. The fraction of sp³-hybridized carbons (Fsp3) is 1.00. The average Bonchev–Trinajstić information content (AvgIpc) is 2.31. The Labute approximate surface area is 99.0 Å². The lowest BCUT2D eigenvalue weighted by atomic mass is 9.93. The van der Waals surface area contributed by atoms with Crippen molar-refractivity contribution in [2.45, 2.75) is 32.4 Å². The zero-order valence-electron chi connectivity index (χ0n) is 10.6. The molecule has 1 atom stereocenters. The van der Waals surface area contributed by atoms with Gasteiger partial charge in [0.1, 0.15) is 6.23 Å². The summed E-state index contributed by atoms with van der Waals surface area (Å²) in [5.74, 6) is 0.672. The van der Waals surface area contributed by atoms with Crippen molar-refractivity contribution in [1.29, 1.82) is 0 Å². The van der Waals surface area contributed by atoms with E-state index in [1.807, 2.05) is 14.0 Å². The van der Waals surface area contributed by atoms with Crippen molar-refractivity contribution in [3.05, 3.63) is 0 Å². The van der Waals surface area contributed by atoms with Crippen molar-refractivity contribution in [1.82, 2.24) is 10.2 Å². The third-order valence-corrected chi connectivity index (χ3v) is 3.35. The highest BCUT2D eigenvalue weighted by molar-refractivity contribution is 4.73. The van der Waals surface area contributed by atoms with E-state index in [0.717, 1.165) is 39.3 Å². The van der Waals surface area contributed by atoms with Crippen LogP contribution in [-0.2, 0) is 4.74 Å². The molecule has 0 aromatic heterocycles. The molecule has 1 saturated heterocycles. The van der Waals surface area contributed by atoms with Crippen LogP contribution in [0.25, 0.3) is 0 Å². The van der Waals surface area contributed by atoms with Gasteiger partial charge in [0.05, 0.1) is 6.61 Å².